The molecule has 0 aromatic rings. The number of amides is 2. The summed E-state index contributed by atoms with van der Waals surface area (Å²) in [5, 5.41) is 9.69. The minimum atomic E-state index is -0.146. The van der Waals surface area contributed by atoms with Crippen molar-refractivity contribution in [1.82, 2.24) is 16.0 Å². The van der Waals surface area contributed by atoms with Gasteiger partial charge in [-0.2, -0.15) is 0 Å². The molecule has 2 amide bonds. The van der Waals surface area contributed by atoms with Crippen LogP contribution in [-0.4, -0.2) is 59.4 Å². The number of nitrogens with one attached hydrogen (secondary N) is 3. The fraction of sp³-hybridized carbons (Fsp3) is 0.905. The van der Waals surface area contributed by atoms with E-state index in [0.29, 0.717) is 12.3 Å². The Morgan fingerprint density at radius 1 is 1.03 bits per heavy atom. The molecule has 0 aromatic carbocycles. The average Bonchev–Trinajstić information content (AvgIpc) is 2.66. The van der Waals surface area contributed by atoms with Gasteiger partial charge in [-0.15, -0.1) is 23.2 Å². The third-order valence-electron chi connectivity index (χ3n) is 7.31. The lowest BCUT2D eigenvalue weighted by Gasteiger charge is -2.70. The summed E-state index contributed by atoms with van der Waals surface area (Å²) in [6.07, 6.45) is 6.94. The van der Waals surface area contributed by atoms with Crippen molar-refractivity contribution < 1.29 is 14.3 Å². The summed E-state index contributed by atoms with van der Waals surface area (Å²) in [5.74, 6) is 0.748. The van der Waals surface area contributed by atoms with Gasteiger partial charge in [0.2, 0.25) is 11.8 Å². The van der Waals surface area contributed by atoms with Gasteiger partial charge in [0, 0.05) is 17.6 Å². The maximum atomic E-state index is 12.7. The molecule has 29 heavy (non-hydrogen) atoms. The van der Waals surface area contributed by atoms with E-state index < -0.39 is 0 Å². The Kier molecular flexibility index (Phi) is 6.37. The molecule has 0 spiro atoms. The van der Waals surface area contributed by atoms with Gasteiger partial charge in [-0.25, -0.2) is 0 Å². The zero-order chi connectivity index (χ0) is 20.6. The van der Waals surface area contributed by atoms with Crippen LogP contribution < -0.4 is 16.0 Å². The van der Waals surface area contributed by atoms with Crippen molar-refractivity contribution in [3.05, 3.63) is 0 Å². The van der Waals surface area contributed by atoms with Crippen molar-refractivity contribution in [2.24, 2.45) is 11.8 Å². The Balaban J connectivity index is 1.15. The van der Waals surface area contributed by atoms with E-state index in [2.05, 4.69) is 22.9 Å². The number of hydrogen-bond donors (Lipinski definition) is 3. The van der Waals surface area contributed by atoms with Crippen LogP contribution in [0.4, 0.5) is 0 Å². The standard InChI is InChI=1S/C21H33Cl2N3O3/c1-2-13-5-14(8-24-7-13)19(28)26-21-10-20(11-21,12-21)25-18(27)9-29-15-3-4-16(22)17(23)6-15/h13-17,24H,2-12H2,1H3,(H,25,27)(H,26,28). The summed E-state index contributed by atoms with van der Waals surface area (Å²) in [4.78, 5) is 25.0. The molecule has 5 atom stereocenters. The minimum Gasteiger partial charge on any atom is -0.368 e. The number of hydrogen-bond acceptors (Lipinski definition) is 4. The third kappa shape index (κ3) is 4.70. The highest BCUT2D eigenvalue weighted by Gasteiger charge is 2.69. The number of carbonyl (C=O) groups is 2. The number of rotatable bonds is 7. The highest BCUT2D eigenvalue weighted by atomic mass is 35.5. The molecule has 5 unspecified atom stereocenters. The van der Waals surface area contributed by atoms with E-state index in [-0.39, 0.29) is 52.3 Å². The van der Waals surface area contributed by atoms with E-state index in [0.717, 1.165) is 58.0 Å². The first-order chi connectivity index (χ1) is 13.8. The Morgan fingerprint density at radius 3 is 2.45 bits per heavy atom. The number of carbonyl (C=O) groups excluding carboxylic acids is 2. The molecule has 6 nitrogen and oxygen atoms in total. The molecular formula is C21H33Cl2N3O3. The monoisotopic (exact) mass is 445 g/mol. The van der Waals surface area contributed by atoms with Crippen LogP contribution in [0.2, 0.25) is 0 Å². The van der Waals surface area contributed by atoms with Gasteiger partial charge < -0.3 is 20.7 Å². The Labute approximate surface area is 183 Å². The fourth-order valence-electron chi connectivity index (χ4n) is 5.68. The quantitative estimate of drug-likeness (QED) is 0.525. The molecule has 5 rings (SSSR count). The number of alkyl halides is 2. The molecule has 0 radical (unpaired) electrons. The van der Waals surface area contributed by atoms with Crippen molar-refractivity contribution in [3.63, 3.8) is 0 Å². The van der Waals surface area contributed by atoms with Crippen LogP contribution in [0.1, 0.15) is 58.3 Å². The predicted octanol–water partition coefficient (Wildman–Crippen LogP) is 2.31. The van der Waals surface area contributed by atoms with Crippen LogP contribution in [-0.2, 0) is 14.3 Å². The molecule has 4 saturated carbocycles. The highest BCUT2D eigenvalue weighted by molar-refractivity contribution is 6.30. The predicted molar refractivity (Wildman–Crippen MR) is 113 cm³/mol. The number of piperidine rings is 1. The Hall–Kier alpha value is -0.560. The SMILES string of the molecule is CCC1CNCC(C(=O)NC23CC(NC(=O)COC4CCC(Cl)C(Cl)C4)(C2)C3)C1. The summed E-state index contributed by atoms with van der Waals surface area (Å²) in [5.41, 5.74) is -0.248. The highest BCUT2D eigenvalue weighted by Crippen LogP contribution is 2.60. The summed E-state index contributed by atoms with van der Waals surface area (Å²) in [7, 11) is 0. The van der Waals surface area contributed by atoms with Gasteiger partial charge >= 0.3 is 0 Å². The van der Waals surface area contributed by atoms with E-state index in [1.54, 1.807) is 0 Å². The van der Waals surface area contributed by atoms with E-state index in [9.17, 15) is 9.59 Å². The molecule has 1 saturated heterocycles. The number of ether oxygens (including phenoxy) is 1. The van der Waals surface area contributed by atoms with Crippen molar-refractivity contribution in [1.29, 1.82) is 0 Å². The largest absolute Gasteiger partial charge is 0.368 e. The molecule has 164 valence electrons. The molecule has 5 fully saturated rings. The van der Waals surface area contributed by atoms with E-state index in [1.165, 1.54) is 0 Å². The molecule has 1 heterocycles. The summed E-state index contributed by atoms with van der Waals surface area (Å²) < 4.78 is 5.75. The summed E-state index contributed by atoms with van der Waals surface area (Å²) in [6.45, 7) is 4.03. The zero-order valence-corrected chi connectivity index (χ0v) is 18.7. The van der Waals surface area contributed by atoms with Crippen molar-refractivity contribution in [2.75, 3.05) is 19.7 Å². The summed E-state index contributed by atoms with van der Waals surface area (Å²) in [6, 6.07) is 0. The van der Waals surface area contributed by atoms with Gasteiger partial charge in [0.1, 0.15) is 6.61 Å². The van der Waals surface area contributed by atoms with Gasteiger partial charge in [0.15, 0.2) is 0 Å². The molecule has 2 bridgehead atoms. The molecule has 0 aromatic heterocycles. The maximum absolute atomic E-state index is 12.7. The van der Waals surface area contributed by atoms with Crippen LogP contribution >= 0.6 is 23.2 Å². The van der Waals surface area contributed by atoms with E-state index in [1.807, 2.05) is 0 Å². The second-order valence-corrected chi connectivity index (χ2v) is 10.9. The van der Waals surface area contributed by atoms with Gasteiger partial charge in [-0.1, -0.05) is 13.3 Å². The van der Waals surface area contributed by atoms with Gasteiger partial charge in [0.25, 0.3) is 0 Å². The topological polar surface area (TPSA) is 79.5 Å². The smallest absolute Gasteiger partial charge is 0.246 e. The molecule has 1 aliphatic heterocycles. The molecule has 5 aliphatic rings. The van der Waals surface area contributed by atoms with Crippen LogP contribution in [0.15, 0.2) is 0 Å². The fourth-order valence-corrected chi connectivity index (χ4v) is 6.23. The van der Waals surface area contributed by atoms with Crippen molar-refractivity contribution in [3.8, 4) is 0 Å². The lowest BCUT2D eigenvalue weighted by Crippen LogP contribution is -2.84. The van der Waals surface area contributed by atoms with E-state index in [4.69, 9.17) is 27.9 Å². The second kappa shape index (κ2) is 8.52. The first kappa shape index (κ1) is 21.7. The minimum absolute atomic E-state index is 0.00484. The number of halogens is 2. The zero-order valence-electron chi connectivity index (χ0n) is 17.1. The lowest BCUT2D eigenvalue weighted by molar-refractivity contribution is -0.155. The van der Waals surface area contributed by atoms with Crippen LogP contribution in [0.5, 0.6) is 0 Å². The lowest BCUT2D eigenvalue weighted by atomic mass is 9.44. The first-order valence-corrected chi connectivity index (χ1v) is 11.9. The second-order valence-electron chi connectivity index (χ2n) is 9.77. The van der Waals surface area contributed by atoms with Crippen molar-refractivity contribution >= 4 is 35.0 Å². The van der Waals surface area contributed by atoms with Crippen molar-refractivity contribution in [2.45, 2.75) is 86.2 Å². The molecule has 4 aliphatic carbocycles. The van der Waals surface area contributed by atoms with Gasteiger partial charge in [-0.3, -0.25) is 9.59 Å². The molecule has 3 N–H and O–H groups in total. The normalized spacial score (nSPS) is 43.6. The molecular weight excluding hydrogens is 413 g/mol. The van der Waals surface area contributed by atoms with E-state index >= 15 is 0 Å². The van der Waals surface area contributed by atoms with Gasteiger partial charge in [-0.05, 0) is 57.4 Å². The summed E-state index contributed by atoms with van der Waals surface area (Å²) >= 11 is 12.3. The van der Waals surface area contributed by atoms with Crippen LogP contribution in [0.3, 0.4) is 0 Å². The average molecular weight is 446 g/mol. The van der Waals surface area contributed by atoms with Crippen LogP contribution in [0, 0.1) is 11.8 Å². The van der Waals surface area contributed by atoms with Crippen LogP contribution in [0.25, 0.3) is 0 Å². The maximum Gasteiger partial charge on any atom is 0.246 e. The Morgan fingerprint density at radius 2 is 1.76 bits per heavy atom. The Bertz CT molecular complexity index is 627. The molecule has 8 heteroatoms. The third-order valence-corrected chi connectivity index (χ3v) is 8.44. The first-order valence-electron chi connectivity index (χ1n) is 11.1. The van der Waals surface area contributed by atoms with Gasteiger partial charge in [0.05, 0.1) is 22.8 Å².